The fourth-order valence-corrected chi connectivity index (χ4v) is 5.86. The zero-order valence-electron chi connectivity index (χ0n) is 25.3. The summed E-state index contributed by atoms with van der Waals surface area (Å²) in [6.07, 6.45) is -33.1. The van der Waals surface area contributed by atoms with E-state index < -0.39 is 148 Å². The second-order valence-corrected chi connectivity index (χ2v) is 11.9. The van der Waals surface area contributed by atoms with Crippen LogP contribution in [0.25, 0.3) is 0 Å². The highest BCUT2D eigenvalue weighted by Gasteiger charge is 2.56. The van der Waals surface area contributed by atoms with Gasteiger partial charge in [-0.05, 0) is 6.92 Å². The van der Waals surface area contributed by atoms with Crippen LogP contribution in [0.4, 0.5) is 0 Å². The Morgan fingerprint density at radius 2 is 1.04 bits per heavy atom. The number of hydrogen-bond donors (Lipinski definition) is 13. The van der Waals surface area contributed by atoms with E-state index >= 15 is 0 Å². The smallest absolute Gasteiger partial charge is 0.217 e. The molecule has 0 saturated carbocycles. The fraction of sp³-hybridized carbons (Fsp3) is 0.962. The topological polar surface area (TPSA) is 336 Å². The largest absolute Gasteiger partial charge is 0.394 e. The molecule has 4 heterocycles. The number of aliphatic hydroxyl groups excluding tert-OH is 12. The molecular formula is C26H45NO20. The van der Waals surface area contributed by atoms with E-state index in [4.69, 9.17) is 33.2 Å². The Labute approximate surface area is 267 Å². The number of rotatable bonds is 10. The molecule has 21 nitrogen and oxygen atoms in total. The van der Waals surface area contributed by atoms with Crippen molar-refractivity contribution in [2.24, 2.45) is 0 Å². The Bertz CT molecular complexity index is 1010. The van der Waals surface area contributed by atoms with E-state index in [-0.39, 0.29) is 0 Å². The van der Waals surface area contributed by atoms with Crippen molar-refractivity contribution >= 4 is 5.91 Å². The summed E-state index contributed by atoms with van der Waals surface area (Å²) in [5.41, 5.74) is 0. The quantitative estimate of drug-likeness (QED) is 0.101. The first-order valence-electron chi connectivity index (χ1n) is 15.0. The predicted molar refractivity (Wildman–Crippen MR) is 144 cm³/mol. The summed E-state index contributed by atoms with van der Waals surface area (Å²) in [7, 11) is 0. The van der Waals surface area contributed by atoms with Gasteiger partial charge in [0.25, 0.3) is 0 Å². The van der Waals surface area contributed by atoms with Crippen LogP contribution in [0.1, 0.15) is 13.8 Å². The van der Waals surface area contributed by atoms with Gasteiger partial charge in [-0.1, -0.05) is 0 Å². The first kappa shape index (κ1) is 38.5. The Morgan fingerprint density at radius 3 is 1.62 bits per heavy atom. The second-order valence-electron chi connectivity index (χ2n) is 11.9. The van der Waals surface area contributed by atoms with E-state index in [1.165, 1.54) is 6.92 Å². The predicted octanol–water partition coefficient (Wildman–Crippen LogP) is -8.58. The van der Waals surface area contributed by atoms with Crippen LogP contribution in [0.15, 0.2) is 0 Å². The number of amides is 1. The lowest BCUT2D eigenvalue weighted by Crippen LogP contribution is -2.69. The lowest BCUT2D eigenvalue weighted by Gasteiger charge is -2.50. The minimum Gasteiger partial charge on any atom is -0.394 e. The van der Waals surface area contributed by atoms with Crippen LogP contribution in [0.3, 0.4) is 0 Å². The molecule has 0 aliphatic carbocycles. The van der Waals surface area contributed by atoms with E-state index in [0.717, 1.165) is 6.92 Å². The molecule has 0 bridgehead atoms. The molecule has 13 N–H and O–H groups in total. The van der Waals surface area contributed by atoms with Gasteiger partial charge in [0, 0.05) is 6.92 Å². The SMILES string of the molecule is CC(=O)NC1C(O)OC(CO)[C@@H](O[C@@H]2OC(CO)[C@H](O)[C@H](O[C@H]3OC(CO)[C@H](O)[C@H](O)C3O)C2O[C@@H]2OC(C)[C@@H](O)[C@H](O)C2O)[C@@H]1O. The van der Waals surface area contributed by atoms with Gasteiger partial charge in [0.2, 0.25) is 5.91 Å². The maximum atomic E-state index is 11.7. The number of carbonyl (C=O) groups excluding carboxylic acids is 1. The van der Waals surface area contributed by atoms with Gasteiger partial charge in [-0.3, -0.25) is 4.79 Å². The van der Waals surface area contributed by atoms with Crippen LogP contribution < -0.4 is 5.32 Å². The first-order valence-corrected chi connectivity index (χ1v) is 15.0. The van der Waals surface area contributed by atoms with Gasteiger partial charge in [0.1, 0.15) is 91.5 Å². The molecule has 4 fully saturated rings. The molecule has 9 unspecified atom stereocenters. The Morgan fingerprint density at radius 1 is 0.553 bits per heavy atom. The number of aliphatic hydroxyl groups is 12. The van der Waals surface area contributed by atoms with E-state index in [1.807, 2.05) is 0 Å². The van der Waals surface area contributed by atoms with Crippen LogP contribution in [0.5, 0.6) is 0 Å². The number of hydrogen-bond acceptors (Lipinski definition) is 20. The van der Waals surface area contributed by atoms with Gasteiger partial charge in [-0.2, -0.15) is 0 Å². The molecule has 0 radical (unpaired) electrons. The maximum absolute atomic E-state index is 11.7. The third-order valence-corrected chi connectivity index (χ3v) is 8.57. The average Bonchev–Trinajstić information content (AvgIpc) is 3.04. The van der Waals surface area contributed by atoms with Crippen LogP contribution >= 0.6 is 0 Å². The van der Waals surface area contributed by atoms with Gasteiger partial charge in [0.05, 0.1) is 25.9 Å². The molecule has 0 aromatic heterocycles. The van der Waals surface area contributed by atoms with Crippen molar-refractivity contribution in [3.8, 4) is 0 Å². The molecule has 1 amide bonds. The number of carbonyl (C=O) groups is 1. The molecule has 21 heteroatoms. The van der Waals surface area contributed by atoms with E-state index in [9.17, 15) is 66.1 Å². The summed E-state index contributed by atoms with van der Waals surface area (Å²) in [6, 6.07) is -1.50. The van der Waals surface area contributed by atoms with Gasteiger partial charge < -0.3 is 99.8 Å². The van der Waals surface area contributed by atoms with Crippen molar-refractivity contribution in [1.82, 2.24) is 5.32 Å². The zero-order chi connectivity index (χ0) is 34.9. The molecule has 4 saturated heterocycles. The fourth-order valence-electron chi connectivity index (χ4n) is 5.86. The van der Waals surface area contributed by atoms with Crippen LogP contribution in [-0.4, -0.2) is 210 Å². The summed E-state index contributed by atoms with van der Waals surface area (Å²) in [5, 5.41) is 127. The second kappa shape index (κ2) is 16.2. The van der Waals surface area contributed by atoms with Gasteiger partial charge in [-0.15, -0.1) is 0 Å². The van der Waals surface area contributed by atoms with Gasteiger partial charge in [-0.25, -0.2) is 0 Å². The number of nitrogens with one attached hydrogen (secondary N) is 1. The molecule has 0 spiro atoms. The van der Waals surface area contributed by atoms with Crippen molar-refractivity contribution in [1.29, 1.82) is 0 Å². The maximum Gasteiger partial charge on any atom is 0.217 e. The van der Waals surface area contributed by atoms with Crippen LogP contribution in [0.2, 0.25) is 0 Å². The zero-order valence-corrected chi connectivity index (χ0v) is 25.3. The summed E-state index contributed by atoms with van der Waals surface area (Å²) >= 11 is 0. The molecule has 4 aliphatic heterocycles. The lowest BCUT2D eigenvalue weighted by molar-refractivity contribution is -0.402. The van der Waals surface area contributed by atoms with Crippen LogP contribution in [-0.2, 0) is 38.0 Å². The third kappa shape index (κ3) is 8.04. The highest BCUT2D eigenvalue weighted by atomic mass is 16.8. The highest BCUT2D eigenvalue weighted by molar-refractivity contribution is 5.73. The molecule has 4 rings (SSSR count). The van der Waals surface area contributed by atoms with Crippen LogP contribution in [0, 0.1) is 0 Å². The third-order valence-electron chi connectivity index (χ3n) is 8.57. The van der Waals surface area contributed by atoms with Crippen molar-refractivity contribution in [2.75, 3.05) is 19.8 Å². The summed E-state index contributed by atoms with van der Waals surface area (Å²) in [4.78, 5) is 11.7. The van der Waals surface area contributed by atoms with Gasteiger partial charge >= 0.3 is 0 Å². The molecule has 0 aromatic carbocycles. The average molecular weight is 692 g/mol. The van der Waals surface area contributed by atoms with E-state index in [1.54, 1.807) is 0 Å². The Kier molecular flexibility index (Phi) is 13.2. The Balaban J connectivity index is 1.71. The van der Waals surface area contributed by atoms with Crippen molar-refractivity contribution in [3.05, 3.63) is 0 Å². The normalized spacial score (nSPS) is 51.0. The van der Waals surface area contributed by atoms with Crippen molar-refractivity contribution < 1.29 is 99.2 Å². The number of ether oxygens (including phenoxy) is 7. The first-order chi connectivity index (χ1) is 22.1. The molecule has 0 aromatic rings. The molecule has 20 atom stereocenters. The van der Waals surface area contributed by atoms with Gasteiger partial charge in [0.15, 0.2) is 25.2 Å². The highest BCUT2D eigenvalue weighted by Crippen LogP contribution is 2.35. The van der Waals surface area contributed by atoms with E-state index in [0.29, 0.717) is 0 Å². The molecular weight excluding hydrogens is 646 g/mol. The molecule has 4 aliphatic rings. The van der Waals surface area contributed by atoms with E-state index in [2.05, 4.69) is 5.32 Å². The summed E-state index contributed by atoms with van der Waals surface area (Å²) in [5.74, 6) is -0.678. The summed E-state index contributed by atoms with van der Waals surface area (Å²) < 4.78 is 39.6. The molecule has 274 valence electrons. The standard InChI is InChI=1S/C26H45NO20/c1-6-12(32)16(36)18(38)24(41-6)47-22-21(46-25-19(39)17(37)13(33)8(3-28)43-25)14(34)9(4-29)44-26(22)45-20-10(5-30)42-23(40)11(15(20)35)27-7(2)31/h6,8-26,28-30,32-40H,3-5H2,1-2H3,(H,27,31)/t6?,8?,9?,10?,11?,12-,13+,14+,15-,16+,17+,18?,19?,20-,21+,22?,23?,24+,25-,26+/m1/s1. The Hall–Kier alpha value is -1.29. The van der Waals surface area contributed by atoms with Crippen molar-refractivity contribution in [2.45, 2.75) is 137 Å². The van der Waals surface area contributed by atoms with Crippen molar-refractivity contribution in [3.63, 3.8) is 0 Å². The summed E-state index contributed by atoms with van der Waals surface area (Å²) in [6.45, 7) is -0.164. The minimum atomic E-state index is -1.99. The lowest BCUT2D eigenvalue weighted by atomic mass is 9.94. The molecule has 47 heavy (non-hydrogen) atoms. The monoisotopic (exact) mass is 691 g/mol. The minimum absolute atomic E-state index is 0.678.